The number of methoxy groups -OCH3 is 3. The van der Waals surface area contributed by atoms with E-state index < -0.39 is 0 Å². The maximum absolute atomic E-state index is 12.5. The molecule has 0 amide bonds. The van der Waals surface area contributed by atoms with Crippen LogP contribution in [0.25, 0.3) is 0 Å². The van der Waals surface area contributed by atoms with Gasteiger partial charge in [0.2, 0.25) is 5.78 Å². The number of pyridine rings is 1. The molecule has 2 aromatic rings. The molecule has 1 heterocycles. The zero-order valence-corrected chi connectivity index (χ0v) is 12.6. The summed E-state index contributed by atoms with van der Waals surface area (Å²) < 4.78 is 15.5. The highest BCUT2D eigenvalue weighted by atomic mass is 35.5. The van der Waals surface area contributed by atoms with Gasteiger partial charge < -0.3 is 14.2 Å². The number of rotatable bonds is 5. The van der Waals surface area contributed by atoms with Gasteiger partial charge in [0.25, 0.3) is 0 Å². The lowest BCUT2D eigenvalue weighted by molar-refractivity contribution is 0.103. The smallest absolute Gasteiger partial charge is 0.215 e. The highest BCUT2D eigenvalue weighted by Gasteiger charge is 2.20. The Labute approximate surface area is 127 Å². The Morgan fingerprint density at radius 3 is 2.43 bits per heavy atom. The normalized spacial score (nSPS) is 10.1. The summed E-state index contributed by atoms with van der Waals surface area (Å²) in [5.74, 6) is 0.843. The molecule has 0 radical (unpaired) electrons. The monoisotopic (exact) mass is 307 g/mol. The predicted molar refractivity (Wildman–Crippen MR) is 78.8 cm³/mol. The molecule has 0 fully saturated rings. The number of ketones is 1. The Morgan fingerprint density at radius 1 is 1.10 bits per heavy atom. The summed E-state index contributed by atoms with van der Waals surface area (Å²) in [5.41, 5.74) is 0.554. The Kier molecular flexibility index (Phi) is 4.65. The largest absolute Gasteiger partial charge is 0.494 e. The van der Waals surface area contributed by atoms with Crippen LogP contribution in [0.5, 0.6) is 17.2 Å². The molecular formula is C15H14ClNO4. The average molecular weight is 308 g/mol. The van der Waals surface area contributed by atoms with E-state index in [1.54, 1.807) is 18.2 Å². The Hall–Kier alpha value is -2.27. The first-order valence-corrected chi connectivity index (χ1v) is 6.45. The van der Waals surface area contributed by atoms with Crippen molar-refractivity contribution < 1.29 is 19.0 Å². The molecule has 0 spiro atoms. The van der Waals surface area contributed by atoms with Gasteiger partial charge in [-0.2, -0.15) is 0 Å². The summed E-state index contributed by atoms with van der Waals surface area (Å²) in [4.78, 5) is 16.6. The first-order valence-electron chi connectivity index (χ1n) is 6.07. The number of carbonyl (C=O) groups excluding carboxylic acids is 1. The highest BCUT2D eigenvalue weighted by Crippen LogP contribution is 2.36. The van der Waals surface area contributed by atoms with Crippen molar-refractivity contribution in [3.8, 4) is 17.2 Å². The van der Waals surface area contributed by atoms with Crippen LogP contribution in [0, 0.1) is 0 Å². The number of aromatic nitrogens is 1. The fourth-order valence-electron chi connectivity index (χ4n) is 1.91. The zero-order chi connectivity index (χ0) is 15.4. The first kappa shape index (κ1) is 15.1. The molecule has 0 N–H and O–H groups in total. The van der Waals surface area contributed by atoms with Gasteiger partial charge in [-0.1, -0.05) is 11.6 Å². The highest BCUT2D eigenvalue weighted by molar-refractivity contribution is 6.33. The maximum Gasteiger partial charge on any atom is 0.215 e. The first-order chi connectivity index (χ1) is 10.1. The molecule has 0 saturated heterocycles. The van der Waals surface area contributed by atoms with E-state index in [-0.39, 0.29) is 16.5 Å². The van der Waals surface area contributed by atoms with Crippen LogP contribution < -0.4 is 14.2 Å². The van der Waals surface area contributed by atoms with Crippen molar-refractivity contribution in [1.82, 2.24) is 4.98 Å². The fourth-order valence-corrected chi connectivity index (χ4v) is 2.20. The number of hydrogen-bond donors (Lipinski definition) is 0. The van der Waals surface area contributed by atoms with Gasteiger partial charge in [0, 0.05) is 11.8 Å². The van der Waals surface area contributed by atoms with Gasteiger partial charge in [0.15, 0.2) is 17.2 Å². The molecule has 1 aromatic carbocycles. The third kappa shape index (κ3) is 2.92. The lowest BCUT2D eigenvalue weighted by atomic mass is 10.1. The zero-order valence-electron chi connectivity index (χ0n) is 11.8. The minimum absolute atomic E-state index is 0.211. The Balaban J connectivity index is 2.51. The predicted octanol–water partition coefficient (Wildman–Crippen LogP) is 2.99. The van der Waals surface area contributed by atoms with Gasteiger partial charge in [0.1, 0.15) is 5.75 Å². The van der Waals surface area contributed by atoms with Crippen LogP contribution in [0.3, 0.4) is 0 Å². The summed E-state index contributed by atoms with van der Waals surface area (Å²) in [5, 5.41) is 0.287. The maximum atomic E-state index is 12.5. The van der Waals surface area contributed by atoms with Crippen molar-refractivity contribution >= 4 is 17.4 Å². The molecule has 0 unspecified atom stereocenters. The topological polar surface area (TPSA) is 57.7 Å². The van der Waals surface area contributed by atoms with Gasteiger partial charge in [0.05, 0.1) is 26.4 Å². The van der Waals surface area contributed by atoms with Crippen molar-refractivity contribution in [3.63, 3.8) is 0 Å². The second-order valence-electron chi connectivity index (χ2n) is 4.08. The molecule has 0 atom stereocenters. The van der Waals surface area contributed by atoms with Gasteiger partial charge >= 0.3 is 0 Å². The number of ether oxygens (including phenoxy) is 3. The average Bonchev–Trinajstić information content (AvgIpc) is 2.53. The molecule has 2 rings (SSSR count). The molecule has 0 saturated carbocycles. The fraction of sp³-hybridized carbons (Fsp3) is 0.200. The van der Waals surface area contributed by atoms with Crippen LogP contribution in [0.2, 0.25) is 5.02 Å². The lowest BCUT2D eigenvalue weighted by Gasteiger charge is -2.12. The van der Waals surface area contributed by atoms with E-state index in [1.807, 2.05) is 0 Å². The van der Waals surface area contributed by atoms with Crippen molar-refractivity contribution in [3.05, 3.63) is 46.7 Å². The molecule has 0 bridgehead atoms. The quantitative estimate of drug-likeness (QED) is 0.795. The summed E-state index contributed by atoms with van der Waals surface area (Å²) in [6.07, 6.45) is 1.53. The lowest BCUT2D eigenvalue weighted by Crippen LogP contribution is -2.07. The summed E-state index contributed by atoms with van der Waals surface area (Å²) >= 11 is 6.11. The second-order valence-corrected chi connectivity index (χ2v) is 4.48. The van der Waals surface area contributed by atoms with E-state index in [1.165, 1.54) is 33.6 Å². The molecule has 0 aliphatic carbocycles. The molecular weight excluding hydrogens is 294 g/mol. The number of carbonyl (C=O) groups is 1. The van der Waals surface area contributed by atoms with Crippen LogP contribution >= 0.6 is 11.6 Å². The number of hydrogen-bond acceptors (Lipinski definition) is 5. The van der Waals surface area contributed by atoms with Gasteiger partial charge in [-0.3, -0.25) is 4.79 Å². The minimum atomic E-state index is -0.310. The van der Waals surface area contributed by atoms with E-state index in [0.717, 1.165) is 0 Å². The Bertz CT molecular complexity index is 673. The van der Waals surface area contributed by atoms with Crippen LogP contribution in [-0.4, -0.2) is 32.1 Å². The summed E-state index contributed by atoms with van der Waals surface area (Å²) in [6, 6.07) is 6.43. The molecule has 6 heteroatoms. The molecule has 5 nitrogen and oxygen atoms in total. The van der Waals surface area contributed by atoms with E-state index >= 15 is 0 Å². The van der Waals surface area contributed by atoms with Crippen LogP contribution in [0.4, 0.5) is 0 Å². The third-order valence-corrected chi connectivity index (χ3v) is 3.18. The third-order valence-electron chi connectivity index (χ3n) is 2.90. The van der Waals surface area contributed by atoms with Gasteiger partial charge in [-0.15, -0.1) is 0 Å². The van der Waals surface area contributed by atoms with Crippen LogP contribution in [0.1, 0.15) is 16.1 Å². The van der Waals surface area contributed by atoms with E-state index in [4.69, 9.17) is 25.8 Å². The molecule has 1 aromatic heterocycles. The van der Waals surface area contributed by atoms with Crippen molar-refractivity contribution in [2.75, 3.05) is 21.3 Å². The van der Waals surface area contributed by atoms with E-state index in [2.05, 4.69) is 4.98 Å². The molecule has 110 valence electrons. The molecule has 0 aliphatic heterocycles. The van der Waals surface area contributed by atoms with E-state index in [9.17, 15) is 4.79 Å². The number of benzene rings is 1. The Morgan fingerprint density at radius 2 is 1.81 bits per heavy atom. The number of halogens is 1. The van der Waals surface area contributed by atoms with Gasteiger partial charge in [-0.25, -0.2) is 4.98 Å². The summed E-state index contributed by atoms with van der Waals surface area (Å²) in [7, 11) is 4.44. The molecule has 0 aliphatic rings. The van der Waals surface area contributed by atoms with E-state index in [0.29, 0.717) is 22.8 Å². The van der Waals surface area contributed by atoms with Crippen LogP contribution in [0.15, 0.2) is 30.5 Å². The minimum Gasteiger partial charge on any atom is -0.494 e. The van der Waals surface area contributed by atoms with Crippen LogP contribution in [-0.2, 0) is 0 Å². The second kappa shape index (κ2) is 6.45. The molecule has 21 heavy (non-hydrogen) atoms. The van der Waals surface area contributed by atoms with Gasteiger partial charge in [-0.05, 0) is 24.3 Å². The number of nitrogens with zero attached hydrogens (tertiary/aromatic N) is 1. The van der Waals surface area contributed by atoms with Crippen molar-refractivity contribution in [2.45, 2.75) is 0 Å². The standard InChI is InChI=1S/C15H14ClNO4/c1-19-11-5-4-6-17-13(11)14(18)9-7-10(16)15(21-3)12(8-9)20-2/h4-8H,1-3H3. The summed E-state index contributed by atoms with van der Waals surface area (Å²) in [6.45, 7) is 0. The van der Waals surface area contributed by atoms with Crippen molar-refractivity contribution in [1.29, 1.82) is 0 Å². The SMILES string of the molecule is COc1cccnc1C(=O)c1cc(Cl)c(OC)c(OC)c1. The van der Waals surface area contributed by atoms with Crippen molar-refractivity contribution in [2.24, 2.45) is 0 Å².